The predicted octanol–water partition coefficient (Wildman–Crippen LogP) is 1.13. The van der Waals surface area contributed by atoms with E-state index in [0.717, 1.165) is 12.8 Å². The van der Waals surface area contributed by atoms with Crippen LogP contribution in [0, 0.1) is 5.41 Å². The number of aliphatic carboxylic acids is 1. The molecule has 0 spiro atoms. The summed E-state index contributed by atoms with van der Waals surface area (Å²) >= 11 is 0. The minimum atomic E-state index is -0.813. The summed E-state index contributed by atoms with van der Waals surface area (Å²) in [6.07, 6.45) is 2.70. The van der Waals surface area contributed by atoms with E-state index in [-0.39, 0.29) is 5.91 Å². The smallest absolute Gasteiger partial charge is 0.311 e. The molecule has 0 aliphatic carbocycles. The normalized spacial score (nSPS) is 24.0. The van der Waals surface area contributed by atoms with Crippen LogP contribution in [0.15, 0.2) is 0 Å². The molecule has 1 aliphatic heterocycles. The van der Waals surface area contributed by atoms with Crippen molar-refractivity contribution in [1.29, 1.82) is 0 Å². The van der Waals surface area contributed by atoms with Gasteiger partial charge >= 0.3 is 5.97 Å². The lowest BCUT2D eigenvalue weighted by molar-refractivity contribution is -0.147. The molecular formula is C12H21NO4. The maximum absolute atomic E-state index is 11.8. The average Bonchev–Trinajstić information content (AvgIpc) is 2.69. The highest BCUT2D eigenvalue weighted by molar-refractivity contribution is 5.80. The summed E-state index contributed by atoms with van der Waals surface area (Å²) in [6.45, 7) is 3.27. The number of likely N-dealkylation sites (tertiary alicyclic amines) is 1. The Morgan fingerprint density at radius 3 is 2.65 bits per heavy atom. The zero-order chi connectivity index (χ0) is 12.9. The van der Waals surface area contributed by atoms with Gasteiger partial charge in [-0.1, -0.05) is 0 Å². The highest BCUT2D eigenvalue weighted by atomic mass is 16.5. The van der Waals surface area contributed by atoms with Gasteiger partial charge in [0.25, 0.3) is 0 Å². The monoisotopic (exact) mass is 243 g/mol. The first-order valence-corrected chi connectivity index (χ1v) is 6.00. The Hall–Kier alpha value is -1.10. The van der Waals surface area contributed by atoms with Gasteiger partial charge in [-0.05, 0) is 26.2 Å². The molecule has 5 nitrogen and oxygen atoms in total. The lowest BCUT2D eigenvalue weighted by Crippen LogP contribution is -2.34. The molecule has 1 heterocycles. The highest BCUT2D eigenvalue weighted by Gasteiger charge is 2.41. The largest absolute Gasteiger partial charge is 0.481 e. The molecule has 0 aromatic heterocycles. The number of carbonyl (C=O) groups excluding carboxylic acids is 1. The molecule has 1 saturated heterocycles. The molecule has 1 aliphatic rings. The summed E-state index contributed by atoms with van der Waals surface area (Å²) < 4.78 is 4.91. The molecule has 0 saturated carbocycles. The van der Waals surface area contributed by atoms with Crippen LogP contribution in [-0.2, 0) is 14.3 Å². The molecule has 1 amide bonds. The van der Waals surface area contributed by atoms with Gasteiger partial charge in [-0.15, -0.1) is 0 Å². The SMILES string of the molecule is COCCCCC(=O)N1CCC(C)(C(=O)O)C1. The van der Waals surface area contributed by atoms with E-state index in [4.69, 9.17) is 9.84 Å². The van der Waals surface area contributed by atoms with E-state index in [1.807, 2.05) is 0 Å². The Kier molecular flexibility index (Phi) is 4.93. The number of hydrogen-bond donors (Lipinski definition) is 1. The summed E-state index contributed by atoms with van der Waals surface area (Å²) in [4.78, 5) is 24.5. The quantitative estimate of drug-likeness (QED) is 0.710. The van der Waals surface area contributed by atoms with Crippen molar-refractivity contribution in [3.63, 3.8) is 0 Å². The summed E-state index contributed by atoms with van der Waals surface area (Å²) in [5, 5.41) is 9.06. The molecule has 17 heavy (non-hydrogen) atoms. The molecule has 0 bridgehead atoms. The number of methoxy groups -OCH3 is 1. The molecule has 1 atom stereocenters. The number of ether oxygens (including phenoxy) is 1. The van der Waals surface area contributed by atoms with Crippen LogP contribution in [0.4, 0.5) is 0 Å². The topological polar surface area (TPSA) is 66.8 Å². The number of unbranched alkanes of at least 4 members (excludes halogenated alkanes) is 1. The third-order valence-electron chi connectivity index (χ3n) is 3.33. The molecule has 1 rings (SSSR count). The van der Waals surface area contributed by atoms with E-state index in [0.29, 0.717) is 32.5 Å². The second kappa shape index (κ2) is 6.00. The lowest BCUT2D eigenvalue weighted by atomic mass is 9.90. The molecule has 1 N–H and O–H groups in total. The second-order valence-corrected chi connectivity index (χ2v) is 4.88. The first-order chi connectivity index (χ1) is 7.99. The van der Waals surface area contributed by atoms with Crippen LogP contribution in [0.3, 0.4) is 0 Å². The Morgan fingerprint density at radius 1 is 1.41 bits per heavy atom. The third kappa shape index (κ3) is 3.70. The fraction of sp³-hybridized carbons (Fsp3) is 0.833. The van der Waals surface area contributed by atoms with Gasteiger partial charge < -0.3 is 14.7 Å². The van der Waals surface area contributed by atoms with Crippen LogP contribution in [-0.4, -0.2) is 48.7 Å². The second-order valence-electron chi connectivity index (χ2n) is 4.88. The van der Waals surface area contributed by atoms with E-state index >= 15 is 0 Å². The van der Waals surface area contributed by atoms with Crippen molar-refractivity contribution >= 4 is 11.9 Å². The van der Waals surface area contributed by atoms with Crippen molar-refractivity contribution in [2.45, 2.75) is 32.6 Å². The van der Waals surface area contributed by atoms with Crippen molar-refractivity contribution in [3.05, 3.63) is 0 Å². The zero-order valence-corrected chi connectivity index (χ0v) is 10.6. The van der Waals surface area contributed by atoms with Crippen LogP contribution in [0.25, 0.3) is 0 Å². The number of amides is 1. The first-order valence-electron chi connectivity index (χ1n) is 6.00. The van der Waals surface area contributed by atoms with E-state index in [1.165, 1.54) is 0 Å². The van der Waals surface area contributed by atoms with Crippen molar-refractivity contribution in [2.75, 3.05) is 26.8 Å². The lowest BCUT2D eigenvalue weighted by Gasteiger charge is -2.20. The fourth-order valence-corrected chi connectivity index (χ4v) is 2.03. The molecular weight excluding hydrogens is 222 g/mol. The Balaban J connectivity index is 2.33. The van der Waals surface area contributed by atoms with Crippen molar-refractivity contribution < 1.29 is 19.4 Å². The predicted molar refractivity (Wildman–Crippen MR) is 62.7 cm³/mol. The standard InChI is InChI=1S/C12H21NO4/c1-12(11(15)16)6-7-13(9-12)10(14)5-3-4-8-17-2/h3-9H2,1-2H3,(H,15,16). The van der Waals surface area contributed by atoms with Crippen molar-refractivity contribution in [3.8, 4) is 0 Å². The Labute approximate surface area is 102 Å². The van der Waals surface area contributed by atoms with Gasteiger partial charge in [0.05, 0.1) is 5.41 Å². The van der Waals surface area contributed by atoms with Gasteiger partial charge in [-0.2, -0.15) is 0 Å². The third-order valence-corrected chi connectivity index (χ3v) is 3.33. The van der Waals surface area contributed by atoms with E-state index < -0.39 is 11.4 Å². The van der Waals surface area contributed by atoms with E-state index in [1.54, 1.807) is 18.9 Å². The van der Waals surface area contributed by atoms with Crippen LogP contribution in [0.2, 0.25) is 0 Å². The van der Waals surface area contributed by atoms with E-state index in [9.17, 15) is 9.59 Å². The van der Waals surface area contributed by atoms with Gasteiger partial charge in [-0.25, -0.2) is 0 Å². The minimum Gasteiger partial charge on any atom is -0.481 e. The summed E-state index contributed by atoms with van der Waals surface area (Å²) in [5.74, 6) is -0.752. The van der Waals surface area contributed by atoms with Crippen LogP contribution in [0.5, 0.6) is 0 Å². The van der Waals surface area contributed by atoms with Crippen molar-refractivity contribution in [2.24, 2.45) is 5.41 Å². The molecule has 1 unspecified atom stereocenters. The maximum atomic E-state index is 11.8. The fourth-order valence-electron chi connectivity index (χ4n) is 2.03. The van der Waals surface area contributed by atoms with Gasteiger partial charge in [0.2, 0.25) is 5.91 Å². The molecule has 0 aromatic carbocycles. The molecule has 5 heteroatoms. The highest BCUT2D eigenvalue weighted by Crippen LogP contribution is 2.30. The van der Waals surface area contributed by atoms with Gasteiger partial charge in [0.1, 0.15) is 0 Å². The summed E-state index contributed by atoms with van der Waals surface area (Å²) in [6, 6.07) is 0. The molecule has 0 radical (unpaired) electrons. The Bertz CT molecular complexity index is 292. The number of hydrogen-bond acceptors (Lipinski definition) is 3. The minimum absolute atomic E-state index is 0.0612. The van der Waals surface area contributed by atoms with Gasteiger partial charge in [0, 0.05) is 33.2 Å². The number of carboxylic acids is 1. The molecule has 98 valence electrons. The number of carbonyl (C=O) groups is 2. The number of carboxylic acid groups (broad SMARTS) is 1. The van der Waals surface area contributed by atoms with Gasteiger partial charge in [-0.3, -0.25) is 9.59 Å². The first kappa shape index (κ1) is 14.0. The van der Waals surface area contributed by atoms with Crippen LogP contribution >= 0.6 is 0 Å². The Morgan fingerprint density at radius 2 is 2.12 bits per heavy atom. The molecule has 1 fully saturated rings. The zero-order valence-electron chi connectivity index (χ0n) is 10.6. The van der Waals surface area contributed by atoms with E-state index in [2.05, 4.69) is 0 Å². The number of rotatable bonds is 6. The van der Waals surface area contributed by atoms with Gasteiger partial charge in [0.15, 0.2) is 0 Å². The average molecular weight is 243 g/mol. The van der Waals surface area contributed by atoms with Crippen LogP contribution < -0.4 is 0 Å². The summed E-state index contributed by atoms with van der Waals surface area (Å²) in [5.41, 5.74) is -0.762. The van der Waals surface area contributed by atoms with Crippen molar-refractivity contribution in [1.82, 2.24) is 4.90 Å². The molecule has 0 aromatic rings. The number of nitrogens with zero attached hydrogens (tertiary/aromatic N) is 1. The summed E-state index contributed by atoms with van der Waals surface area (Å²) in [7, 11) is 1.64. The maximum Gasteiger partial charge on any atom is 0.311 e. The van der Waals surface area contributed by atoms with Crippen LogP contribution in [0.1, 0.15) is 32.6 Å².